The molecule has 0 aliphatic carbocycles. The van der Waals surface area contributed by atoms with Crippen LogP contribution in [0.25, 0.3) is 0 Å². The van der Waals surface area contributed by atoms with Gasteiger partial charge in [-0.2, -0.15) is 4.31 Å². The Morgan fingerprint density at radius 1 is 1.22 bits per heavy atom. The van der Waals surface area contributed by atoms with Gasteiger partial charge >= 0.3 is 0 Å². The molecule has 1 amide bonds. The Morgan fingerprint density at radius 3 is 2.39 bits per heavy atom. The molecule has 1 saturated heterocycles. The summed E-state index contributed by atoms with van der Waals surface area (Å²) in [5.41, 5.74) is 0.852. The molecule has 0 atom stereocenters. The number of carbonyl (C=O) groups excluding carboxylic acids is 1. The van der Waals surface area contributed by atoms with Crippen LogP contribution in [-0.4, -0.2) is 58.5 Å². The van der Waals surface area contributed by atoms with E-state index in [0.29, 0.717) is 32.8 Å². The molecule has 23 heavy (non-hydrogen) atoms. The summed E-state index contributed by atoms with van der Waals surface area (Å²) in [4.78, 5) is 11.6. The van der Waals surface area contributed by atoms with Gasteiger partial charge in [0.05, 0.1) is 24.7 Å². The van der Waals surface area contributed by atoms with Gasteiger partial charge in [-0.25, -0.2) is 8.42 Å². The molecule has 0 aromatic heterocycles. The van der Waals surface area contributed by atoms with Gasteiger partial charge in [0.2, 0.25) is 15.9 Å². The Bertz CT molecular complexity index is 601. The third kappa shape index (κ3) is 5.43. The topological polar surface area (TPSA) is 87.7 Å². The minimum atomic E-state index is -3.46. The van der Waals surface area contributed by atoms with Crippen LogP contribution in [0.2, 0.25) is 0 Å². The zero-order chi connectivity index (χ0) is 16.0. The van der Waals surface area contributed by atoms with Gasteiger partial charge in [0.15, 0.2) is 0 Å². The van der Waals surface area contributed by atoms with Gasteiger partial charge in [0.25, 0.3) is 0 Å². The number of carbonyl (C=O) groups is 1. The lowest BCUT2D eigenvalue weighted by Gasteiger charge is -2.26. The predicted molar refractivity (Wildman–Crippen MR) is 89.0 cm³/mol. The zero-order valence-electron chi connectivity index (χ0n) is 12.9. The first-order chi connectivity index (χ1) is 10.5. The average Bonchev–Trinajstić information content (AvgIpc) is 2.54. The van der Waals surface area contributed by atoms with E-state index < -0.39 is 10.0 Å². The molecule has 1 aromatic rings. The fourth-order valence-electron chi connectivity index (χ4n) is 2.14. The molecular weight excluding hydrogens is 342 g/mol. The second kappa shape index (κ2) is 9.19. The van der Waals surface area contributed by atoms with Crippen LogP contribution in [0, 0.1) is 0 Å². The maximum Gasteiger partial charge on any atom is 0.243 e. The number of hydrogen-bond donors (Lipinski definition) is 2. The molecule has 2 rings (SSSR count). The number of hydrogen-bond acceptors (Lipinski definition) is 5. The van der Waals surface area contributed by atoms with Crippen LogP contribution in [0.15, 0.2) is 29.2 Å². The lowest BCUT2D eigenvalue weighted by atomic mass is 10.2. The molecule has 1 aromatic carbocycles. The average molecular weight is 364 g/mol. The summed E-state index contributed by atoms with van der Waals surface area (Å²) in [7, 11) is -1.76. The van der Waals surface area contributed by atoms with E-state index >= 15 is 0 Å². The largest absolute Gasteiger partial charge is 0.379 e. The minimum absolute atomic E-state index is 0. The van der Waals surface area contributed by atoms with Gasteiger partial charge in [0, 0.05) is 19.6 Å². The predicted octanol–water partition coefficient (Wildman–Crippen LogP) is -0.0351. The van der Waals surface area contributed by atoms with Gasteiger partial charge in [-0.1, -0.05) is 12.1 Å². The molecule has 1 fully saturated rings. The molecule has 1 aliphatic rings. The van der Waals surface area contributed by atoms with E-state index in [2.05, 4.69) is 10.6 Å². The second-order valence-electron chi connectivity index (χ2n) is 4.97. The van der Waals surface area contributed by atoms with Crippen LogP contribution in [0.4, 0.5) is 0 Å². The quantitative estimate of drug-likeness (QED) is 0.740. The molecule has 0 unspecified atom stereocenters. The van der Waals surface area contributed by atoms with E-state index in [0.717, 1.165) is 5.56 Å². The summed E-state index contributed by atoms with van der Waals surface area (Å²) >= 11 is 0. The summed E-state index contributed by atoms with van der Waals surface area (Å²) in [5, 5.41) is 5.51. The third-order valence-corrected chi connectivity index (χ3v) is 5.27. The van der Waals surface area contributed by atoms with Gasteiger partial charge in [-0.3, -0.25) is 4.79 Å². The Balaban J connectivity index is 0.00000264. The van der Waals surface area contributed by atoms with Crippen molar-refractivity contribution < 1.29 is 17.9 Å². The highest BCUT2D eigenvalue weighted by Gasteiger charge is 2.25. The van der Waals surface area contributed by atoms with Gasteiger partial charge in [-0.05, 0) is 24.7 Å². The molecule has 9 heteroatoms. The van der Waals surface area contributed by atoms with E-state index in [1.165, 1.54) is 4.31 Å². The molecule has 0 saturated carbocycles. The summed E-state index contributed by atoms with van der Waals surface area (Å²) < 4.78 is 31.5. The molecule has 130 valence electrons. The number of morpholine rings is 1. The molecule has 2 N–H and O–H groups in total. The normalized spacial score (nSPS) is 15.7. The van der Waals surface area contributed by atoms with Crippen LogP contribution in [0.1, 0.15) is 5.56 Å². The Hall–Kier alpha value is -1.19. The van der Waals surface area contributed by atoms with Crippen molar-refractivity contribution >= 4 is 28.3 Å². The maximum atomic E-state index is 12.4. The third-order valence-electron chi connectivity index (χ3n) is 3.36. The van der Waals surface area contributed by atoms with E-state index in [9.17, 15) is 13.2 Å². The van der Waals surface area contributed by atoms with E-state index in [4.69, 9.17) is 4.74 Å². The van der Waals surface area contributed by atoms with Crippen LogP contribution in [-0.2, 0) is 26.1 Å². The number of nitrogens with one attached hydrogen (secondary N) is 2. The number of ether oxygens (including phenoxy) is 1. The maximum absolute atomic E-state index is 12.4. The fraction of sp³-hybridized carbons (Fsp3) is 0.500. The number of rotatable bonds is 6. The van der Waals surface area contributed by atoms with Gasteiger partial charge in [-0.15, -0.1) is 12.4 Å². The summed E-state index contributed by atoms with van der Waals surface area (Å²) in [6, 6.07) is 6.58. The van der Waals surface area contributed by atoms with Crippen molar-refractivity contribution in [3.05, 3.63) is 29.8 Å². The number of sulfonamides is 1. The van der Waals surface area contributed by atoms with Crippen LogP contribution in [0.5, 0.6) is 0 Å². The first-order valence-electron chi connectivity index (χ1n) is 7.12. The van der Waals surface area contributed by atoms with Crippen LogP contribution in [0.3, 0.4) is 0 Å². The Morgan fingerprint density at radius 2 is 1.83 bits per heavy atom. The highest BCUT2D eigenvalue weighted by Crippen LogP contribution is 2.17. The van der Waals surface area contributed by atoms with E-state index in [-0.39, 0.29) is 29.8 Å². The first kappa shape index (κ1) is 19.9. The standard InChI is InChI=1S/C14H21N3O4S.ClH/c1-15-11-14(18)16-10-12-2-4-13(5-3-12)22(19,20)17-6-8-21-9-7-17;/h2-5,15H,6-11H2,1H3,(H,16,18);1H. The fourth-order valence-corrected chi connectivity index (χ4v) is 3.55. The molecule has 7 nitrogen and oxygen atoms in total. The van der Waals surface area contributed by atoms with Gasteiger partial charge < -0.3 is 15.4 Å². The van der Waals surface area contributed by atoms with Crippen molar-refractivity contribution in [1.29, 1.82) is 0 Å². The van der Waals surface area contributed by atoms with E-state index in [1.54, 1.807) is 31.3 Å². The number of benzene rings is 1. The number of likely N-dealkylation sites (N-methyl/N-ethyl adjacent to an activating group) is 1. The summed E-state index contributed by atoms with van der Waals surface area (Å²) in [5.74, 6) is -0.104. The lowest BCUT2D eigenvalue weighted by molar-refractivity contribution is -0.120. The van der Waals surface area contributed by atoms with Crippen molar-refractivity contribution in [2.45, 2.75) is 11.4 Å². The highest BCUT2D eigenvalue weighted by atomic mass is 35.5. The molecule has 1 aliphatic heterocycles. The minimum Gasteiger partial charge on any atom is -0.379 e. The molecule has 0 spiro atoms. The smallest absolute Gasteiger partial charge is 0.243 e. The zero-order valence-corrected chi connectivity index (χ0v) is 14.6. The van der Waals surface area contributed by atoms with Crippen molar-refractivity contribution in [2.75, 3.05) is 39.9 Å². The Labute approximate surface area is 142 Å². The van der Waals surface area contributed by atoms with Crippen molar-refractivity contribution in [1.82, 2.24) is 14.9 Å². The van der Waals surface area contributed by atoms with Crippen LogP contribution >= 0.6 is 12.4 Å². The SMILES string of the molecule is CNCC(=O)NCc1ccc(S(=O)(=O)N2CCOCC2)cc1.Cl. The van der Waals surface area contributed by atoms with E-state index in [1.807, 2.05) is 0 Å². The van der Waals surface area contributed by atoms with Crippen molar-refractivity contribution in [3.8, 4) is 0 Å². The number of amides is 1. The van der Waals surface area contributed by atoms with Gasteiger partial charge in [0.1, 0.15) is 0 Å². The number of halogens is 1. The Kier molecular flexibility index (Phi) is 7.93. The lowest BCUT2D eigenvalue weighted by Crippen LogP contribution is -2.40. The molecule has 0 radical (unpaired) electrons. The monoisotopic (exact) mass is 363 g/mol. The summed E-state index contributed by atoms with van der Waals surface area (Å²) in [6.45, 7) is 2.24. The van der Waals surface area contributed by atoms with Crippen molar-refractivity contribution in [2.24, 2.45) is 0 Å². The second-order valence-corrected chi connectivity index (χ2v) is 6.91. The first-order valence-corrected chi connectivity index (χ1v) is 8.56. The number of nitrogens with zero attached hydrogens (tertiary/aromatic N) is 1. The summed E-state index contributed by atoms with van der Waals surface area (Å²) in [6.07, 6.45) is 0. The van der Waals surface area contributed by atoms with Crippen LogP contribution < -0.4 is 10.6 Å². The van der Waals surface area contributed by atoms with Crippen molar-refractivity contribution in [3.63, 3.8) is 0 Å². The molecule has 1 heterocycles. The molecule has 0 bridgehead atoms. The molecular formula is C14H22ClN3O4S. The highest BCUT2D eigenvalue weighted by molar-refractivity contribution is 7.89.